The molecular formula is C33H34N4O7. The number of rotatable bonds is 10. The number of carboxylic acid groups (broad SMARTS) is 1. The first-order valence-electron chi connectivity index (χ1n) is 14.7. The number of aryl methyl sites for hydroxylation is 1. The van der Waals surface area contributed by atoms with E-state index in [1.54, 1.807) is 36.8 Å². The highest BCUT2D eigenvalue weighted by atomic mass is 16.5. The third-order valence-corrected chi connectivity index (χ3v) is 8.29. The quantitative estimate of drug-likeness (QED) is 0.207. The Morgan fingerprint density at radius 2 is 1.89 bits per heavy atom. The highest BCUT2D eigenvalue weighted by Crippen LogP contribution is 2.36. The second-order valence-electron chi connectivity index (χ2n) is 11.2. The molecule has 1 amide bonds. The zero-order valence-electron chi connectivity index (χ0n) is 24.6. The Kier molecular flexibility index (Phi) is 8.10. The molecule has 1 aliphatic rings. The Morgan fingerprint density at radius 1 is 1.09 bits per heavy atom. The Balaban J connectivity index is 1.28. The lowest BCUT2D eigenvalue weighted by atomic mass is 9.95. The normalized spacial score (nSPS) is 14.5. The van der Waals surface area contributed by atoms with E-state index in [-0.39, 0.29) is 6.42 Å². The number of benzene rings is 2. The molecule has 6 rings (SSSR count). The number of furan rings is 1. The number of fused-ring (bicyclic) bond motifs is 2. The largest absolute Gasteiger partial charge is 0.482 e. The van der Waals surface area contributed by atoms with E-state index >= 15 is 0 Å². The zero-order valence-corrected chi connectivity index (χ0v) is 24.6. The van der Waals surface area contributed by atoms with Gasteiger partial charge in [0.05, 0.1) is 30.0 Å². The number of carbonyl (C=O) groups is 3. The minimum atomic E-state index is -1.08. The van der Waals surface area contributed by atoms with Crippen molar-refractivity contribution < 1.29 is 33.4 Å². The molecule has 0 spiro atoms. The third-order valence-electron chi connectivity index (χ3n) is 8.29. The van der Waals surface area contributed by atoms with Crippen LogP contribution in [-0.4, -0.2) is 56.8 Å². The van der Waals surface area contributed by atoms with Crippen molar-refractivity contribution in [3.8, 4) is 17.1 Å². The molecule has 11 nitrogen and oxygen atoms in total. The Labute approximate surface area is 253 Å². The molecule has 3 aromatic heterocycles. The van der Waals surface area contributed by atoms with Gasteiger partial charge < -0.3 is 33.4 Å². The highest BCUT2D eigenvalue weighted by Gasteiger charge is 2.27. The Morgan fingerprint density at radius 3 is 2.61 bits per heavy atom. The van der Waals surface area contributed by atoms with Crippen LogP contribution < -0.4 is 10.1 Å². The van der Waals surface area contributed by atoms with Gasteiger partial charge in [-0.3, -0.25) is 4.79 Å². The predicted octanol–water partition coefficient (Wildman–Crippen LogP) is 5.27. The topological polar surface area (TPSA) is 138 Å². The van der Waals surface area contributed by atoms with Crippen molar-refractivity contribution in [2.45, 2.75) is 50.6 Å². The number of nitrogens with one attached hydrogen (secondary N) is 1. The molecule has 0 radical (unpaired) electrons. The number of hydrogen-bond acceptors (Lipinski definition) is 7. The van der Waals surface area contributed by atoms with E-state index in [0.29, 0.717) is 22.9 Å². The summed E-state index contributed by atoms with van der Waals surface area (Å²) in [4.78, 5) is 42.3. The average molecular weight is 599 g/mol. The van der Waals surface area contributed by atoms with Crippen LogP contribution in [0.15, 0.2) is 65.6 Å². The maximum atomic E-state index is 13.6. The molecular weight excluding hydrogens is 564 g/mol. The van der Waals surface area contributed by atoms with Crippen LogP contribution in [-0.2, 0) is 27.8 Å². The van der Waals surface area contributed by atoms with Gasteiger partial charge in [-0.05, 0) is 60.9 Å². The van der Waals surface area contributed by atoms with E-state index in [4.69, 9.17) is 24.0 Å². The molecule has 0 aliphatic heterocycles. The number of methoxy groups -OCH3 is 1. The third kappa shape index (κ3) is 5.77. The van der Waals surface area contributed by atoms with Crippen molar-refractivity contribution in [3.05, 3.63) is 72.3 Å². The molecule has 11 heteroatoms. The minimum Gasteiger partial charge on any atom is -0.482 e. The standard InChI is InChI=1S/C33H34N4O7/c1-36-17-22(25-16-24(9-11-28(25)36)44-19-30(38)39)15-27(33(41)42-2)35-32(40)20-8-10-29-26(14-20)34-31(21-12-13-43-18-21)37(29)23-6-4-3-5-7-23/h8-14,16-18,23,27H,3-7,15,19H2,1-2H3,(H,35,40)(H,38,39)/t27-/m0/s1. The number of ether oxygens (including phenoxy) is 2. The smallest absolute Gasteiger partial charge is 0.341 e. The Bertz CT molecular complexity index is 1830. The summed E-state index contributed by atoms with van der Waals surface area (Å²) >= 11 is 0. The number of imidazole rings is 1. The summed E-state index contributed by atoms with van der Waals surface area (Å²) in [5.41, 5.74) is 4.54. The molecule has 2 aromatic carbocycles. The minimum absolute atomic E-state index is 0.154. The van der Waals surface area contributed by atoms with E-state index in [2.05, 4.69) is 9.88 Å². The fourth-order valence-electron chi connectivity index (χ4n) is 6.19. The van der Waals surface area contributed by atoms with Crippen molar-refractivity contribution in [2.24, 2.45) is 7.05 Å². The van der Waals surface area contributed by atoms with Gasteiger partial charge in [-0.15, -0.1) is 0 Å². The van der Waals surface area contributed by atoms with Gasteiger partial charge in [0.2, 0.25) is 0 Å². The number of esters is 1. The van der Waals surface area contributed by atoms with Gasteiger partial charge in [0.25, 0.3) is 5.91 Å². The maximum absolute atomic E-state index is 13.6. The number of carboxylic acids is 1. The van der Waals surface area contributed by atoms with Crippen LogP contribution in [0.5, 0.6) is 5.75 Å². The maximum Gasteiger partial charge on any atom is 0.341 e. The van der Waals surface area contributed by atoms with Gasteiger partial charge in [0, 0.05) is 42.2 Å². The summed E-state index contributed by atoms with van der Waals surface area (Å²) in [7, 11) is 3.15. The summed E-state index contributed by atoms with van der Waals surface area (Å²) in [5.74, 6) is -0.887. The Hall–Kier alpha value is -5.06. The molecule has 0 unspecified atom stereocenters. The van der Waals surface area contributed by atoms with Crippen LogP contribution in [0.25, 0.3) is 33.3 Å². The summed E-state index contributed by atoms with van der Waals surface area (Å²) < 4.78 is 19.9. The van der Waals surface area contributed by atoms with Gasteiger partial charge in [-0.25, -0.2) is 14.6 Å². The van der Waals surface area contributed by atoms with E-state index in [9.17, 15) is 14.4 Å². The lowest BCUT2D eigenvalue weighted by molar-refractivity contribution is -0.143. The molecule has 44 heavy (non-hydrogen) atoms. The number of aliphatic carboxylic acids is 1. The molecule has 1 aliphatic carbocycles. The lowest BCUT2D eigenvalue weighted by Crippen LogP contribution is -2.43. The number of amides is 1. The predicted molar refractivity (Wildman–Crippen MR) is 163 cm³/mol. The van der Waals surface area contributed by atoms with E-state index in [1.165, 1.54) is 13.5 Å². The van der Waals surface area contributed by atoms with Crippen LogP contribution in [0.3, 0.4) is 0 Å². The summed E-state index contributed by atoms with van der Waals surface area (Å²) in [6.07, 6.45) is 11.0. The summed E-state index contributed by atoms with van der Waals surface area (Å²) in [6.45, 7) is -0.471. The van der Waals surface area contributed by atoms with Crippen molar-refractivity contribution in [2.75, 3.05) is 13.7 Å². The SMILES string of the molecule is COC(=O)[C@H](Cc1cn(C)c2ccc(OCC(=O)O)cc12)NC(=O)c1ccc2c(c1)nc(-c1ccoc1)n2C1CCCCC1. The molecule has 0 saturated heterocycles. The summed E-state index contributed by atoms with van der Waals surface area (Å²) in [6, 6.07) is 11.9. The molecule has 1 fully saturated rings. The first-order valence-corrected chi connectivity index (χ1v) is 14.7. The molecule has 5 aromatic rings. The number of nitrogens with zero attached hydrogens (tertiary/aromatic N) is 3. The summed E-state index contributed by atoms with van der Waals surface area (Å²) in [5, 5.41) is 12.6. The first kappa shape index (κ1) is 29.0. The second kappa shape index (κ2) is 12.3. The molecule has 1 atom stereocenters. The monoisotopic (exact) mass is 598 g/mol. The van der Waals surface area contributed by atoms with E-state index in [0.717, 1.165) is 59.1 Å². The molecule has 2 N–H and O–H groups in total. The number of aromatic nitrogens is 3. The number of carbonyl (C=O) groups excluding carboxylic acids is 2. The van der Waals surface area contributed by atoms with Gasteiger partial charge in [0.15, 0.2) is 6.61 Å². The van der Waals surface area contributed by atoms with Crippen LogP contribution >= 0.6 is 0 Å². The lowest BCUT2D eigenvalue weighted by Gasteiger charge is -2.25. The van der Waals surface area contributed by atoms with E-state index in [1.807, 2.05) is 36.0 Å². The molecule has 228 valence electrons. The van der Waals surface area contributed by atoms with Crippen molar-refractivity contribution >= 4 is 39.8 Å². The fourth-order valence-corrected chi connectivity index (χ4v) is 6.19. The fraction of sp³-hybridized carbons (Fsp3) is 0.333. The van der Waals surface area contributed by atoms with Gasteiger partial charge in [0.1, 0.15) is 23.9 Å². The van der Waals surface area contributed by atoms with Crippen molar-refractivity contribution in [3.63, 3.8) is 0 Å². The highest BCUT2D eigenvalue weighted by molar-refractivity contribution is 6.00. The second-order valence-corrected chi connectivity index (χ2v) is 11.2. The van der Waals surface area contributed by atoms with Crippen LogP contribution in [0.2, 0.25) is 0 Å². The molecule has 1 saturated carbocycles. The van der Waals surface area contributed by atoms with Gasteiger partial charge in [-0.1, -0.05) is 19.3 Å². The van der Waals surface area contributed by atoms with Crippen LogP contribution in [0, 0.1) is 0 Å². The number of hydrogen-bond donors (Lipinski definition) is 2. The van der Waals surface area contributed by atoms with Crippen LogP contribution in [0.1, 0.15) is 54.1 Å². The van der Waals surface area contributed by atoms with E-state index < -0.39 is 30.5 Å². The van der Waals surface area contributed by atoms with Gasteiger partial charge in [-0.2, -0.15) is 0 Å². The van der Waals surface area contributed by atoms with Crippen molar-refractivity contribution in [1.82, 2.24) is 19.4 Å². The average Bonchev–Trinajstić information content (AvgIpc) is 3.77. The molecule has 0 bridgehead atoms. The zero-order chi connectivity index (χ0) is 30.8. The van der Waals surface area contributed by atoms with Crippen LogP contribution in [0.4, 0.5) is 0 Å². The molecule has 3 heterocycles. The van der Waals surface area contributed by atoms with Gasteiger partial charge >= 0.3 is 11.9 Å². The van der Waals surface area contributed by atoms with Crippen molar-refractivity contribution in [1.29, 1.82) is 0 Å². The first-order chi connectivity index (χ1) is 21.3.